The first kappa shape index (κ1) is 15.2. The molecule has 106 valence electrons. The van der Waals surface area contributed by atoms with E-state index in [0.29, 0.717) is 6.42 Å². The van der Waals surface area contributed by atoms with Crippen LogP contribution in [0, 0.1) is 12.7 Å². The number of halogens is 2. The van der Waals surface area contributed by atoms with Crippen molar-refractivity contribution in [1.29, 1.82) is 0 Å². The van der Waals surface area contributed by atoms with Gasteiger partial charge in [0.15, 0.2) is 0 Å². The van der Waals surface area contributed by atoms with E-state index in [1.807, 2.05) is 18.2 Å². The molecule has 1 N–H and O–H groups in total. The fourth-order valence-electron chi connectivity index (χ4n) is 2.45. The number of hydrogen-bond donors (Lipinski definition) is 1. The molecule has 1 unspecified atom stereocenters. The van der Waals surface area contributed by atoms with Gasteiger partial charge in [0.05, 0.1) is 0 Å². The van der Waals surface area contributed by atoms with Crippen LogP contribution in [0.5, 0.6) is 0 Å². The molecule has 0 bridgehead atoms. The SMILES string of the molecule is CCNC(Cc1ccccc1F)c1ccc(Br)cc1C. The third kappa shape index (κ3) is 3.68. The minimum absolute atomic E-state index is 0.130. The van der Waals surface area contributed by atoms with Crippen molar-refractivity contribution in [2.75, 3.05) is 6.54 Å². The lowest BCUT2D eigenvalue weighted by atomic mass is 9.95. The van der Waals surface area contributed by atoms with Gasteiger partial charge in [-0.1, -0.05) is 47.1 Å². The quantitative estimate of drug-likeness (QED) is 0.828. The predicted octanol–water partition coefficient (Wildman–Crippen LogP) is 4.79. The van der Waals surface area contributed by atoms with Gasteiger partial charge < -0.3 is 5.32 Å². The predicted molar refractivity (Wildman–Crippen MR) is 85.4 cm³/mol. The smallest absolute Gasteiger partial charge is 0.126 e. The van der Waals surface area contributed by atoms with Crippen molar-refractivity contribution in [2.24, 2.45) is 0 Å². The largest absolute Gasteiger partial charge is 0.310 e. The Balaban J connectivity index is 2.29. The lowest BCUT2D eigenvalue weighted by molar-refractivity contribution is 0.526. The van der Waals surface area contributed by atoms with Crippen LogP contribution in [0.3, 0.4) is 0 Å². The molecule has 0 saturated heterocycles. The zero-order valence-electron chi connectivity index (χ0n) is 11.8. The molecule has 0 aliphatic carbocycles. The van der Waals surface area contributed by atoms with Crippen molar-refractivity contribution in [2.45, 2.75) is 26.3 Å². The molecule has 2 aromatic rings. The van der Waals surface area contributed by atoms with Crippen LogP contribution in [0.4, 0.5) is 4.39 Å². The van der Waals surface area contributed by atoms with E-state index in [1.54, 1.807) is 6.07 Å². The highest BCUT2D eigenvalue weighted by Crippen LogP contribution is 2.25. The number of benzene rings is 2. The highest BCUT2D eigenvalue weighted by atomic mass is 79.9. The number of nitrogens with one attached hydrogen (secondary N) is 1. The normalized spacial score (nSPS) is 12.4. The molecule has 0 aliphatic heterocycles. The van der Waals surface area contributed by atoms with E-state index in [2.05, 4.69) is 47.2 Å². The molecule has 0 heterocycles. The molecule has 0 fully saturated rings. The molecular formula is C17H19BrFN. The second-order valence-corrected chi connectivity index (χ2v) is 5.82. The summed E-state index contributed by atoms with van der Waals surface area (Å²) in [6, 6.07) is 13.4. The van der Waals surface area contributed by atoms with Crippen molar-refractivity contribution >= 4 is 15.9 Å². The van der Waals surface area contributed by atoms with Crippen LogP contribution in [0.15, 0.2) is 46.9 Å². The minimum atomic E-state index is -0.134. The van der Waals surface area contributed by atoms with Gasteiger partial charge in [-0.15, -0.1) is 0 Å². The summed E-state index contributed by atoms with van der Waals surface area (Å²) >= 11 is 3.48. The van der Waals surface area contributed by atoms with Crippen LogP contribution in [0.2, 0.25) is 0 Å². The van der Waals surface area contributed by atoms with Crippen molar-refractivity contribution in [3.63, 3.8) is 0 Å². The molecule has 20 heavy (non-hydrogen) atoms. The summed E-state index contributed by atoms with van der Waals surface area (Å²) < 4.78 is 14.9. The minimum Gasteiger partial charge on any atom is -0.310 e. The number of hydrogen-bond acceptors (Lipinski definition) is 1. The molecule has 0 spiro atoms. The second-order valence-electron chi connectivity index (χ2n) is 4.91. The molecular weight excluding hydrogens is 317 g/mol. The Morgan fingerprint density at radius 3 is 2.60 bits per heavy atom. The van der Waals surface area contributed by atoms with Crippen molar-refractivity contribution in [1.82, 2.24) is 5.32 Å². The van der Waals surface area contributed by atoms with E-state index in [1.165, 1.54) is 17.2 Å². The van der Waals surface area contributed by atoms with Crippen LogP contribution < -0.4 is 5.32 Å². The summed E-state index contributed by atoms with van der Waals surface area (Å²) in [6.45, 7) is 5.02. The van der Waals surface area contributed by atoms with E-state index in [-0.39, 0.29) is 11.9 Å². The molecule has 0 amide bonds. The van der Waals surface area contributed by atoms with Crippen LogP contribution in [0.1, 0.15) is 29.7 Å². The van der Waals surface area contributed by atoms with Crippen molar-refractivity contribution in [3.8, 4) is 0 Å². The third-order valence-electron chi connectivity index (χ3n) is 3.44. The van der Waals surface area contributed by atoms with E-state index in [9.17, 15) is 4.39 Å². The van der Waals surface area contributed by atoms with Gasteiger partial charge in [-0.25, -0.2) is 4.39 Å². The summed E-state index contributed by atoms with van der Waals surface area (Å²) in [5.74, 6) is -0.134. The average Bonchev–Trinajstić information content (AvgIpc) is 2.41. The van der Waals surface area contributed by atoms with Crippen LogP contribution >= 0.6 is 15.9 Å². The van der Waals surface area contributed by atoms with Crippen LogP contribution in [0.25, 0.3) is 0 Å². The first-order valence-corrected chi connectivity index (χ1v) is 7.64. The zero-order chi connectivity index (χ0) is 14.5. The van der Waals surface area contributed by atoms with Crippen molar-refractivity contribution < 1.29 is 4.39 Å². The molecule has 0 aromatic heterocycles. The Labute approximate surface area is 128 Å². The standard InChI is InChI=1S/C17H19BrFN/c1-3-20-17(11-13-6-4-5-7-16(13)19)15-9-8-14(18)10-12(15)2/h4-10,17,20H,3,11H2,1-2H3. The Morgan fingerprint density at radius 2 is 1.95 bits per heavy atom. The lowest BCUT2D eigenvalue weighted by Crippen LogP contribution is -2.24. The third-order valence-corrected chi connectivity index (χ3v) is 3.93. The zero-order valence-corrected chi connectivity index (χ0v) is 13.4. The summed E-state index contributed by atoms with van der Waals surface area (Å²) in [6.07, 6.45) is 0.656. The molecule has 0 aliphatic rings. The monoisotopic (exact) mass is 335 g/mol. The Hall–Kier alpha value is -1.19. The summed E-state index contributed by atoms with van der Waals surface area (Å²) in [4.78, 5) is 0. The van der Waals surface area contributed by atoms with E-state index in [4.69, 9.17) is 0 Å². The number of rotatable bonds is 5. The van der Waals surface area contributed by atoms with E-state index >= 15 is 0 Å². The van der Waals surface area contributed by atoms with Gasteiger partial charge >= 0.3 is 0 Å². The Kier molecular flexibility index (Phi) is 5.32. The van der Waals surface area contributed by atoms with Crippen molar-refractivity contribution in [3.05, 3.63) is 69.4 Å². The lowest BCUT2D eigenvalue weighted by Gasteiger charge is -2.21. The molecule has 0 saturated carbocycles. The maximum Gasteiger partial charge on any atom is 0.126 e. The van der Waals surface area contributed by atoms with Gasteiger partial charge in [0, 0.05) is 10.5 Å². The molecule has 3 heteroatoms. The van der Waals surface area contributed by atoms with Gasteiger partial charge in [-0.2, -0.15) is 0 Å². The molecule has 2 aromatic carbocycles. The number of aryl methyl sites for hydroxylation is 1. The summed E-state index contributed by atoms with van der Waals surface area (Å²) in [5.41, 5.74) is 3.18. The number of likely N-dealkylation sites (N-methyl/N-ethyl adjacent to an activating group) is 1. The van der Waals surface area contributed by atoms with Gasteiger partial charge in [-0.3, -0.25) is 0 Å². The average molecular weight is 336 g/mol. The maximum atomic E-state index is 13.8. The van der Waals surface area contributed by atoms with Gasteiger partial charge in [-0.05, 0) is 54.8 Å². The Morgan fingerprint density at radius 1 is 1.20 bits per heavy atom. The van der Waals surface area contributed by atoms with E-state index < -0.39 is 0 Å². The van der Waals surface area contributed by atoms with Gasteiger partial charge in [0.25, 0.3) is 0 Å². The Bertz CT molecular complexity index is 583. The first-order valence-electron chi connectivity index (χ1n) is 6.84. The maximum absolute atomic E-state index is 13.8. The topological polar surface area (TPSA) is 12.0 Å². The van der Waals surface area contributed by atoms with Gasteiger partial charge in [0.1, 0.15) is 5.82 Å². The fourth-order valence-corrected chi connectivity index (χ4v) is 2.93. The highest BCUT2D eigenvalue weighted by molar-refractivity contribution is 9.10. The molecule has 2 rings (SSSR count). The first-order chi connectivity index (χ1) is 9.61. The molecule has 0 radical (unpaired) electrons. The molecule has 1 atom stereocenters. The summed E-state index contributed by atoms with van der Waals surface area (Å²) in [5, 5.41) is 3.45. The van der Waals surface area contributed by atoms with Crippen LogP contribution in [-0.4, -0.2) is 6.54 Å². The second kappa shape index (κ2) is 7.00. The summed E-state index contributed by atoms with van der Waals surface area (Å²) in [7, 11) is 0. The molecule has 1 nitrogen and oxygen atoms in total. The van der Waals surface area contributed by atoms with E-state index in [0.717, 1.165) is 16.6 Å². The highest BCUT2D eigenvalue weighted by Gasteiger charge is 2.15. The van der Waals surface area contributed by atoms with Crippen LogP contribution in [-0.2, 0) is 6.42 Å². The fraction of sp³-hybridized carbons (Fsp3) is 0.294. The van der Waals surface area contributed by atoms with Gasteiger partial charge in [0.2, 0.25) is 0 Å².